The molecule has 0 radical (unpaired) electrons. The van der Waals surface area contributed by atoms with Crippen LogP contribution in [0.15, 0.2) is 29.5 Å². The quantitative estimate of drug-likeness (QED) is 0.437. The molecule has 1 aliphatic heterocycles. The molecule has 1 aromatic heterocycles. The van der Waals surface area contributed by atoms with Crippen molar-refractivity contribution in [3.63, 3.8) is 0 Å². The van der Waals surface area contributed by atoms with Crippen LogP contribution in [0.2, 0.25) is 0 Å². The second-order valence-electron chi connectivity index (χ2n) is 7.59. The van der Waals surface area contributed by atoms with E-state index in [-0.39, 0.29) is 24.0 Å². The molecule has 24 heavy (non-hydrogen) atoms. The van der Waals surface area contributed by atoms with E-state index in [1.54, 1.807) is 0 Å². The van der Waals surface area contributed by atoms with Gasteiger partial charge in [0.25, 0.3) is 0 Å². The third-order valence-electron chi connectivity index (χ3n) is 5.76. The molecule has 1 saturated heterocycles. The normalized spacial score (nSPS) is 20.7. The number of hydrogen-bond acceptors (Lipinski definition) is 2. The van der Waals surface area contributed by atoms with Gasteiger partial charge in [-0.15, -0.1) is 24.0 Å². The number of likely N-dealkylation sites (tertiary alicyclic amines) is 1. The molecular weight excluding hydrogens is 411 g/mol. The Kier molecular flexibility index (Phi) is 6.89. The molecule has 1 aromatic rings. The van der Waals surface area contributed by atoms with Crippen molar-refractivity contribution in [3.05, 3.63) is 30.1 Å². The van der Waals surface area contributed by atoms with Crippen LogP contribution in [0.25, 0.3) is 0 Å². The zero-order valence-electron chi connectivity index (χ0n) is 15.2. The van der Waals surface area contributed by atoms with Gasteiger partial charge in [-0.2, -0.15) is 0 Å². The topological polar surface area (TPSA) is 40.5 Å². The second kappa shape index (κ2) is 8.50. The van der Waals surface area contributed by atoms with Crippen molar-refractivity contribution in [1.82, 2.24) is 15.2 Å². The predicted octanol–water partition coefficient (Wildman–Crippen LogP) is 3.89. The van der Waals surface area contributed by atoms with E-state index in [2.05, 4.69) is 40.1 Å². The molecule has 2 fully saturated rings. The van der Waals surface area contributed by atoms with Crippen LogP contribution in [0.4, 0.5) is 0 Å². The van der Waals surface area contributed by atoms with Crippen molar-refractivity contribution >= 4 is 29.9 Å². The lowest BCUT2D eigenvalue weighted by atomic mass is 9.68. The molecule has 0 bridgehead atoms. The average molecular weight is 442 g/mol. The Morgan fingerprint density at radius 3 is 2.67 bits per heavy atom. The third-order valence-corrected chi connectivity index (χ3v) is 5.76. The highest BCUT2D eigenvalue weighted by atomic mass is 127. The van der Waals surface area contributed by atoms with Gasteiger partial charge in [-0.1, -0.05) is 26.3 Å². The maximum Gasteiger partial charge on any atom is 0.193 e. The van der Waals surface area contributed by atoms with Crippen LogP contribution in [0, 0.1) is 11.3 Å². The summed E-state index contributed by atoms with van der Waals surface area (Å²) in [5.74, 6) is 2.10. The Labute approximate surface area is 163 Å². The number of hydrogen-bond donors (Lipinski definition) is 1. The SMILES string of the molecule is CN=C(NCC(c1cccnc1)C(C)C)N1CCC2(CCC2)C1.I. The molecule has 0 aromatic carbocycles. The van der Waals surface area contributed by atoms with Gasteiger partial charge in [-0.25, -0.2) is 0 Å². The van der Waals surface area contributed by atoms with E-state index in [9.17, 15) is 0 Å². The van der Waals surface area contributed by atoms with Crippen molar-refractivity contribution in [1.29, 1.82) is 0 Å². The van der Waals surface area contributed by atoms with E-state index < -0.39 is 0 Å². The maximum absolute atomic E-state index is 4.53. The highest BCUT2D eigenvalue weighted by Crippen LogP contribution is 2.47. The van der Waals surface area contributed by atoms with Crippen molar-refractivity contribution in [3.8, 4) is 0 Å². The predicted molar refractivity (Wildman–Crippen MR) is 111 cm³/mol. The summed E-state index contributed by atoms with van der Waals surface area (Å²) in [6.07, 6.45) is 9.40. The van der Waals surface area contributed by atoms with Gasteiger partial charge in [-0.3, -0.25) is 9.98 Å². The fourth-order valence-corrected chi connectivity index (χ4v) is 4.07. The molecule has 2 aliphatic rings. The van der Waals surface area contributed by atoms with Crippen molar-refractivity contribution < 1.29 is 0 Å². The molecule has 5 heteroatoms. The van der Waals surface area contributed by atoms with Gasteiger partial charge in [0.05, 0.1) is 0 Å². The van der Waals surface area contributed by atoms with Crippen LogP contribution in [-0.4, -0.2) is 42.5 Å². The van der Waals surface area contributed by atoms with E-state index in [0.29, 0.717) is 17.3 Å². The van der Waals surface area contributed by atoms with Gasteiger partial charge in [0.15, 0.2) is 5.96 Å². The van der Waals surface area contributed by atoms with E-state index in [0.717, 1.165) is 19.0 Å². The number of rotatable bonds is 4. The standard InChI is InChI=1S/C19H30N4.HI/c1-15(2)17(16-6-4-10-21-12-16)13-22-18(20-3)23-11-9-19(14-23)7-5-8-19;/h4,6,10,12,15,17H,5,7-9,11,13-14H2,1-3H3,(H,20,22);1H. The first kappa shape index (κ1) is 19.5. The molecule has 134 valence electrons. The summed E-state index contributed by atoms with van der Waals surface area (Å²) in [5, 5.41) is 3.63. The summed E-state index contributed by atoms with van der Waals surface area (Å²) in [6.45, 7) is 7.81. The van der Waals surface area contributed by atoms with E-state index in [4.69, 9.17) is 0 Å². The Bertz CT molecular complexity index is 540. The molecule has 1 spiro atoms. The summed E-state index contributed by atoms with van der Waals surface area (Å²) in [5.41, 5.74) is 1.92. The molecule has 1 aliphatic carbocycles. The summed E-state index contributed by atoms with van der Waals surface area (Å²) < 4.78 is 0. The number of nitrogens with zero attached hydrogens (tertiary/aromatic N) is 3. The average Bonchev–Trinajstić information content (AvgIpc) is 2.98. The number of aliphatic imine (C=N–C) groups is 1. The largest absolute Gasteiger partial charge is 0.356 e. The van der Waals surface area contributed by atoms with Crippen molar-refractivity contribution in [2.24, 2.45) is 16.3 Å². The lowest BCUT2D eigenvalue weighted by Gasteiger charge is -2.38. The Hall–Kier alpha value is -0.850. The highest BCUT2D eigenvalue weighted by molar-refractivity contribution is 14.0. The summed E-state index contributed by atoms with van der Waals surface area (Å²) in [7, 11) is 1.91. The number of aromatic nitrogens is 1. The van der Waals surface area contributed by atoms with Gasteiger partial charge >= 0.3 is 0 Å². The van der Waals surface area contributed by atoms with Gasteiger partial charge < -0.3 is 10.2 Å². The summed E-state index contributed by atoms with van der Waals surface area (Å²) in [6, 6.07) is 4.21. The minimum Gasteiger partial charge on any atom is -0.356 e. The minimum absolute atomic E-state index is 0. The molecule has 1 N–H and O–H groups in total. The number of pyridine rings is 1. The molecule has 1 saturated carbocycles. The number of halogens is 1. The highest BCUT2D eigenvalue weighted by Gasteiger charge is 2.43. The first-order chi connectivity index (χ1) is 11.1. The zero-order valence-corrected chi connectivity index (χ0v) is 17.5. The van der Waals surface area contributed by atoms with Gasteiger partial charge in [0.1, 0.15) is 0 Å². The molecule has 3 rings (SSSR count). The first-order valence-corrected chi connectivity index (χ1v) is 8.99. The lowest BCUT2D eigenvalue weighted by molar-refractivity contribution is 0.151. The maximum atomic E-state index is 4.53. The van der Waals surface area contributed by atoms with E-state index >= 15 is 0 Å². The Morgan fingerprint density at radius 1 is 1.38 bits per heavy atom. The molecule has 1 atom stereocenters. The van der Waals surface area contributed by atoms with Crippen LogP contribution in [-0.2, 0) is 0 Å². The fourth-order valence-electron chi connectivity index (χ4n) is 4.07. The van der Waals surface area contributed by atoms with Gasteiger partial charge in [0, 0.05) is 45.0 Å². The monoisotopic (exact) mass is 442 g/mol. The Morgan fingerprint density at radius 2 is 2.17 bits per heavy atom. The summed E-state index contributed by atoms with van der Waals surface area (Å²) in [4.78, 5) is 11.3. The molecule has 2 heterocycles. The molecular formula is C19H31IN4. The second-order valence-corrected chi connectivity index (χ2v) is 7.59. The minimum atomic E-state index is 0. The first-order valence-electron chi connectivity index (χ1n) is 8.99. The van der Waals surface area contributed by atoms with Crippen LogP contribution in [0.1, 0.15) is 51.0 Å². The molecule has 1 unspecified atom stereocenters. The zero-order chi connectivity index (χ0) is 16.3. The van der Waals surface area contributed by atoms with Crippen molar-refractivity contribution in [2.75, 3.05) is 26.7 Å². The van der Waals surface area contributed by atoms with Gasteiger partial charge in [0.2, 0.25) is 0 Å². The smallest absolute Gasteiger partial charge is 0.193 e. The Balaban J connectivity index is 0.00000208. The lowest BCUT2D eigenvalue weighted by Crippen LogP contribution is -2.44. The molecule has 4 nitrogen and oxygen atoms in total. The van der Waals surface area contributed by atoms with E-state index in [1.807, 2.05) is 25.5 Å². The van der Waals surface area contributed by atoms with Crippen LogP contribution >= 0.6 is 24.0 Å². The van der Waals surface area contributed by atoms with Crippen LogP contribution < -0.4 is 5.32 Å². The van der Waals surface area contributed by atoms with Crippen molar-refractivity contribution in [2.45, 2.75) is 45.4 Å². The molecule has 0 amide bonds. The van der Waals surface area contributed by atoms with E-state index in [1.165, 1.54) is 37.8 Å². The van der Waals surface area contributed by atoms with Gasteiger partial charge in [-0.05, 0) is 42.2 Å². The number of nitrogens with one attached hydrogen (secondary N) is 1. The van der Waals surface area contributed by atoms with Crippen LogP contribution in [0.3, 0.4) is 0 Å². The number of guanidine groups is 1. The van der Waals surface area contributed by atoms with Crippen LogP contribution in [0.5, 0.6) is 0 Å². The summed E-state index contributed by atoms with van der Waals surface area (Å²) >= 11 is 0. The fraction of sp³-hybridized carbons (Fsp3) is 0.684. The third kappa shape index (κ3) is 4.21.